The number of carbonyl (C=O) groups is 1. The first-order valence-electron chi connectivity index (χ1n) is 10.2. The number of oxime groups is 1. The van der Waals surface area contributed by atoms with Gasteiger partial charge in [-0.3, -0.25) is 4.79 Å². The summed E-state index contributed by atoms with van der Waals surface area (Å²) in [6.45, 7) is 0.641. The number of ether oxygens (including phenoxy) is 2. The van der Waals surface area contributed by atoms with E-state index >= 15 is 0 Å². The molecule has 0 bridgehead atoms. The first-order chi connectivity index (χ1) is 16.1. The van der Waals surface area contributed by atoms with Crippen molar-refractivity contribution in [2.45, 2.75) is 18.3 Å². The first kappa shape index (κ1) is 24.2. The van der Waals surface area contributed by atoms with Crippen molar-refractivity contribution in [2.24, 2.45) is 5.16 Å². The second-order valence-corrected chi connectivity index (χ2v) is 7.85. The summed E-state index contributed by atoms with van der Waals surface area (Å²) in [5, 5.41) is 12.5. The van der Waals surface area contributed by atoms with Gasteiger partial charge in [-0.25, -0.2) is 0 Å². The molecule has 1 atom stereocenters. The van der Waals surface area contributed by atoms with Crippen molar-refractivity contribution < 1.29 is 28.8 Å². The van der Waals surface area contributed by atoms with Crippen molar-refractivity contribution in [3.63, 3.8) is 0 Å². The van der Waals surface area contributed by atoms with Crippen LogP contribution in [0.3, 0.4) is 0 Å². The molecule has 0 aliphatic carbocycles. The summed E-state index contributed by atoms with van der Waals surface area (Å²) in [5.74, 6) is 0.393. The maximum Gasteiger partial charge on any atom is 0.304 e. The number of nitrogens with zero attached hydrogens (tertiary/aromatic N) is 1. The summed E-state index contributed by atoms with van der Waals surface area (Å²) in [7, 11) is 1.51. The van der Waals surface area contributed by atoms with E-state index in [0.29, 0.717) is 35.9 Å². The highest BCUT2D eigenvalue weighted by atomic mass is 32.2. The van der Waals surface area contributed by atoms with Crippen LogP contribution in [0.5, 0.6) is 11.5 Å². The summed E-state index contributed by atoms with van der Waals surface area (Å²) in [6.07, 6.45) is -0.153. The summed E-state index contributed by atoms with van der Waals surface area (Å²) in [4.78, 5) is 15.8. The van der Waals surface area contributed by atoms with Crippen LogP contribution in [0.25, 0.3) is 0 Å². The van der Waals surface area contributed by atoms with Gasteiger partial charge in [0.15, 0.2) is 0 Å². The van der Waals surface area contributed by atoms with Crippen LogP contribution in [0.2, 0.25) is 0 Å². The van der Waals surface area contributed by atoms with E-state index < -0.39 is 11.2 Å². The van der Waals surface area contributed by atoms with Gasteiger partial charge in [-0.2, -0.15) is 0 Å². The van der Waals surface area contributed by atoms with Crippen molar-refractivity contribution in [3.8, 4) is 11.5 Å². The molecule has 0 radical (unpaired) electrons. The van der Waals surface area contributed by atoms with Crippen molar-refractivity contribution in [1.82, 2.24) is 0 Å². The van der Waals surface area contributed by atoms with Crippen LogP contribution in [-0.4, -0.2) is 35.1 Å². The Labute approximate surface area is 196 Å². The average Bonchev–Trinajstić information content (AvgIpc) is 2.85. The highest BCUT2D eigenvalue weighted by Gasteiger charge is 2.15. The largest absolute Gasteiger partial charge is 0.489 e. The predicted molar refractivity (Wildman–Crippen MR) is 128 cm³/mol. The maximum atomic E-state index is 10.9. The van der Waals surface area contributed by atoms with E-state index in [1.807, 2.05) is 54.6 Å². The summed E-state index contributed by atoms with van der Waals surface area (Å²) < 4.78 is 21.0. The molecule has 0 spiro atoms. The minimum Gasteiger partial charge on any atom is -0.489 e. The molecule has 0 aliphatic rings. The van der Waals surface area contributed by atoms with Crippen LogP contribution in [0.4, 0.5) is 0 Å². The molecule has 0 aromatic heterocycles. The van der Waals surface area contributed by atoms with E-state index in [0.717, 1.165) is 16.7 Å². The van der Waals surface area contributed by atoms with E-state index in [4.69, 9.17) is 19.4 Å². The van der Waals surface area contributed by atoms with E-state index in [1.54, 1.807) is 24.3 Å². The molecule has 0 heterocycles. The smallest absolute Gasteiger partial charge is 0.304 e. The molecule has 0 aliphatic heterocycles. The van der Waals surface area contributed by atoms with Gasteiger partial charge < -0.3 is 24.0 Å². The normalized spacial score (nSPS) is 12.1. The van der Waals surface area contributed by atoms with Gasteiger partial charge in [0.05, 0.1) is 11.7 Å². The Kier molecular flexibility index (Phi) is 9.17. The number of benzene rings is 3. The Bertz CT molecular complexity index is 1040. The third-order valence-electron chi connectivity index (χ3n) is 4.75. The second kappa shape index (κ2) is 12.5. The number of rotatable bonds is 12. The van der Waals surface area contributed by atoms with Gasteiger partial charge in [0, 0.05) is 5.56 Å². The lowest BCUT2D eigenvalue weighted by atomic mass is 10.1. The molecule has 3 rings (SSSR count). The SMILES string of the molecule is CO/N=C(\COc1ccc(COc2ccc(C(CC(=O)O)SO)cc2)cc1)c1ccccc1. The van der Waals surface area contributed by atoms with E-state index in [1.165, 1.54) is 7.11 Å². The predicted octanol–water partition coefficient (Wildman–Crippen LogP) is 5.42. The lowest BCUT2D eigenvalue weighted by Gasteiger charge is -2.12. The standard InChI is InChI=1S/C25H25NO6S/c1-30-26-23(19-5-3-2-4-6-19)17-32-21-11-7-18(8-12-21)16-31-22-13-9-20(10-14-22)24(33-29)15-25(27)28/h2-14,24,29H,15-17H2,1H3,(H,27,28)/b26-23+. The molecule has 0 amide bonds. The summed E-state index contributed by atoms with van der Waals surface area (Å²) in [6, 6.07) is 24.3. The van der Waals surface area contributed by atoms with Gasteiger partial charge >= 0.3 is 5.97 Å². The van der Waals surface area contributed by atoms with Gasteiger partial charge in [0.25, 0.3) is 0 Å². The fraction of sp³-hybridized carbons (Fsp3) is 0.200. The average molecular weight is 468 g/mol. The Morgan fingerprint density at radius 3 is 2.18 bits per heavy atom. The van der Waals surface area contributed by atoms with E-state index in [2.05, 4.69) is 5.16 Å². The molecule has 3 aromatic rings. The fourth-order valence-corrected chi connectivity index (χ4v) is 3.55. The van der Waals surface area contributed by atoms with Crippen molar-refractivity contribution in [1.29, 1.82) is 0 Å². The van der Waals surface area contributed by atoms with Gasteiger partial charge in [-0.1, -0.05) is 59.8 Å². The molecule has 0 saturated heterocycles. The Hall–Kier alpha value is -3.49. The third-order valence-corrected chi connectivity index (χ3v) is 5.45. The van der Waals surface area contributed by atoms with Crippen LogP contribution >= 0.6 is 12.0 Å². The molecular weight excluding hydrogens is 442 g/mol. The third kappa shape index (κ3) is 7.55. The Balaban J connectivity index is 1.52. The van der Waals surface area contributed by atoms with Gasteiger partial charge in [-0.15, -0.1) is 0 Å². The van der Waals surface area contributed by atoms with Crippen LogP contribution in [0, 0.1) is 0 Å². The van der Waals surface area contributed by atoms with E-state index in [-0.39, 0.29) is 13.0 Å². The number of hydrogen-bond donors (Lipinski definition) is 2. The highest BCUT2D eigenvalue weighted by Crippen LogP contribution is 2.31. The topological polar surface area (TPSA) is 97.6 Å². The van der Waals surface area contributed by atoms with Crippen LogP contribution in [0.15, 0.2) is 84.0 Å². The first-order valence-corrected chi connectivity index (χ1v) is 11.0. The summed E-state index contributed by atoms with van der Waals surface area (Å²) in [5.41, 5.74) is 3.32. The zero-order chi connectivity index (χ0) is 23.5. The Morgan fingerprint density at radius 1 is 0.939 bits per heavy atom. The van der Waals surface area contributed by atoms with Gasteiger partial charge in [-0.05, 0) is 47.4 Å². The van der Waals surface area contributed by atoms with Crippen molar-refractivity contribution in [3.05, 3.63) is 95.6 Å². The highest BCUT2D eigenvalue weighted by molar-refractivity contribution is 7.94. The van der Waals surface area contributed by atoms with Crippen LogP contribution in [-0.2, 0) is 16.2 Å². The van der Waals surface area contributed by atoms with Crippen LogP contribution in [0.1, 0.15) is 28.4 Å². The zero-order valence-electron chi connectivity index (χ0n) is 18.1. The molecular formula is C25H25NO6S. The number of carboxylic acid groups (broad SMARTS) is 1. The minimum absolute atomic E-state index is 0.153. The van der Waals surface area contributed by atoms with E-state index in [9.17, 15) is 9.35 Å². The lowest BCUT2D eigenvalue weighted by molar-refractivity contribution is -0.137. The molecule has 1 unspecified atom stereocenters. The number of aliphatic carboxylic acids is 1. The Morgan fingerprint density at radius 2 is 1.58 bits per heavy atom. The maximum absolute atomic E-state index is 10.9. The summed E-state index contributed by atoms with van der Waals surface area (Å²) >= 11 is 0.528. The molecule has 8 heteroatoms. The number of carboxylic acids is 1. The molecule has 0 saturated carbocycles. The van der Waals surface area contributed by atoms with Gasteiger partial charge in [0.2, 0.25) is 0 Å². The molecule has 3 aromatic carbocycles. The molecule has 0 fully saturated rings. The molecule has 7 nitrogen and oxygen atoms in total. The lowest BCUT2D eigenvalue weighted by Crippen LogP contribution is -2.13. The quantitative estimate of drug-likeness (QED) is 0.209. The number of hydrogen-bond acceptors (Lipinski definition) is 7. The molecule has 33 heavy (non-hydrogen) atoms. The van der Waals surface area contributed by atoms with Gasteiger partial charge in [0.1, 0.15) is 37.5 Å². The molecule has 172 valence electrons. The fourth-order valence-electron chi connectivity index (χ4n) is 3.06. The second-order valence-electron chi connectivity index (χ2n) is 7.07. The monoisotopic (exact) mass is 467 g/mol. The van der Waals surface area contributed by atoms with Crippen molar-refractivity contribution >= 4 is 23.7 Å². The zero-order valence-corrected chi connectivity index (χ0v) is 18.9. The molecule has 2 N–H and O–H groups in total. The van der Waals surface area contributed by atoms with Crippen LogP contribution < -0.4 is 9.47 Å². The van der Waals surface area contributed by atoms with Crippen molar-refractivity contribution in [2.75, 3.05) is 13.7 Å². The minimum atomic E-state index is -0.962.